The molecule has 10 heteroatoms. The van der Waals surface area contributed by atoms with Gasteiger partial charge in [-0.3, -0.25) is 13.9 Å². The molecule has 0 saturated carbocycles. The van der Waals surface area contributed by atoms with Crippen LogP contribution >= 0.6 is 15.9 Å². The fraction of sp³-hybridized carbons (Fsp3) is 0.278. The zero-order valence-electron chi connectivity index (χ0n) is 26.5. The van der Waals surface area contributed by atoms with E-state index in [2.05, 4.69) is 21.2 Å². The summed E-state index contributed by atoms with van der Waals surface area (Å²) in [6.07, 6.45) is 0.961. The number of ether oxygens (including phenoxy) is 1. The molecular weight excluding hydrogens is 666 g/mol. The molecule has 0 aromatic heterocycles. The Kier molecular flexibility index (Phi) is 12.0. The molecule has 1 N–H and O–H groups in total. The normalized spacial score (nSPS) is 12.5. The summed E-state index contributed by atoms with van der Waals surface area (Å²) in [6, 6.07) is 29.0. The molecule has 242 valence electrons. The van der Waals surface area contributed by atoms with E-state index in [1.165, 1.54) is 24.1 Å². The Hall–Kier alpha value is -4.15. The second-order valence-electron chi connectivity index (χ2n) is 11.2. The van der Waals surface area contributed by atoms with E-state index in [1.807, 2.05) is 75.4 Å². The van der Waals surface area contributed by atoms with Crippen molar-refractivity contribution in [3.8, 4) is 5.75 Å². The first-order valence-electron chi connectivity index (χ1n) is 15.1. The number of amides is 2. The predicted octanol–water partition coefficient (Wildman–Crippen LogP) is 6.52. The van der Waals surface area contributed by atoms with Gasteiger partial charge in [0.1, 0.15) is 18.3 Å². The highest BCUT2D eigenvalue weighted by Crippen LogP contribution is 2.27. The van der Waals surface area contributed by atoms with Crippen LogP contribution in [0, 0.1) is 6.92 Å². The number of anilines is 1. The molecule has 4 aromatic carbocycles. The van der Waals surface area contributed by atoms with E-state index in [0.29, 0.717) is 17.9 Å². The van der Waals surface area contributed by atoms with Crippen LogP contribution in [0.3, 0.4) is 0 Å². The third-order valence-electron chi connectivity index (χ3n) is 7.79. The molecule has 0 saturated heterocycles. The summed E-state index contributed by atoms with van der Waals surface area (Å²) in [5.74, 6) is -0.278. The van der Waals surface area contributed by atoms with Crippen LogP contribution < -0.4 is 14.4 Å². The van der Waals surface area contributed by atoms with Crippen molar-refractivity contribution in [1.29, 1.82) is 0 Å². The van der Waals surface area contributed by atoms with Gasteiger partial charge in [-0.15, -0.1) is 0 Å². The Morgan fingerprint density at radius 2 is 1.50 bits per heavy atom. The molecule has 4 rings (SSSR count). The number of benzene rings is 4. The fourth-order valence-electron chi connectivity index (χ4n) is 4.90. The fourth-order valence-corrected chi connectivity index (χ4v) is 6.57. The summed E-state index contributed by atoms with van der Waals surface area (Å²) in [5, 5.41) is 3.05. The summed E-state index contributed by atoms with van der Waals surface area (Å²) in [7, 11) is -2.66. The maximum atomic E-state index is 14.6. The number of hydrogen-bond acceptors (Lipinski definition) is 5. The summed E-state index contributed by atoms with van der Waals surface area (Å²) < 4.78 is 35.6. The monoisotopic (exact) mass is 705 g/mol. The molecule has 2 amide bonds. The van der Waals surface area contributed by atoms with Crippen LogP contribution in [0.1, 0.15) is 37.0 Å². The van der Waals surface area contributed by atoms with Crippen LogP contribution in [0.4, 0.5) is 5.69 Å². The van der Waals surface area contributed by atoms with Gasteiger partial charge in [0.2, 0.25) is 11.8 Å². The number of methoxy groups -OCH3 is 1. The summed E-state index contributed by atoms with van der Waals surface area (Å²) in [5.41, 5.74) is 2.87. The largest absolute Gasteiger partial charge is 0.497 e. The molecule has 0 aliphatic rings. The van der Waals surface area contributed by atoms with Gasteiger partial charge in [0.25, 0.3) is 10.0 Å². The highest BCUT2D eigenvalue weighted by atomic mass is 79.9. The third kappa shape index (κ3) is 8.98. The lowest BCUT2D eigenvalue weighted by Crippen LogP contribution is -2.54. The predicted molar refractivity (Wildman–Crippen MR) is 185 cm³/mol. The van der Waals surface area contributed by atoms with E-state index in [1.54, 1.807) is 36.4 Å². The van der Waals surface area contributed by atoms with E-state index in [4.69, 9.17) is 4.74 Å². The molecule has 0 radical (unpaired) electrons. The van der Waals surface area contributed by atoms with Crippen LogP contribution in [-0.4, -0.2) is 50.9 Å². The number of nitrogens with zero attached hydrogens (tertiary/aromatic N) is 2. The van der Waals surface area contributed by atoms with Gasteiger partial charge in [-0.2, -0.15) is 0 Å². The lowest BCUT2D eigenvalue weighted by atomic mass is 10.0. The molecule has 2 atom stereocenters. The number of halogens is 1. The number of sulfonamides is 1. The molecule has 8 nitrogen and oxygen atoms in total. The van der Waals surface area contributed by atoms with E-state index in [0.717, 1.165) is 25.5 Å². The minimum absolute atomic E-state index is 0.0523. The highest BCUT2D eigenvalue weighted by molar-refractivity contribution is 9.10. The van der Waals surface area contributed by atoms with Gasteiger partial charge in [0, 0.05) is 23.5 Å². The van der Waals surface area contributed by atoms with Crippen LogP contribution in [0.5, 0.6) is 5.75 Å². The van der Waals surface area contributed by atoms with Gasteiger partial charge in [-0.25, -0.2) is 8.42 Å². The number of carbonyl (C=O) groups excluding carboxylic acids is 2. The SMILES string of the molecule is CCC(C)NC(=O)C(Cc1ccccc1)N(Cc1ccc(Br)cc1)C(=O)CN(c1ccc(OC)cc1)S(=O)(=O)c1ccc(C)cc1. The zero-order valence-corrected chi connectivity index (χ0v) is 28.9. The third-order valence-corrected chi connectivity index (χ3v) is 10.1. The lowest BCUT2D eigenvalue weighted by molar-refractivity contribution is -0.140. The van der Waals surface area contributed by atoms with Crippen molar-refractivity contribution in [2.24, 2.45) is 0 Å². The van der Waals surface area contributed by atoms with E-state index >= 15 is 0 Å². The average molecular weight is 707 g/mol. The van der Waals surface area contributed by atoms with Crippen LogP contribution in [0.2, 0.25) is 0 Å². The molecule has 0 aliphatic carbocycles. The molecular formula is C36H40BrN3O5S. The number of hydrogen-bond donors (Lipinski definition) is 1. The Balaban J connectivity index is 1.80. The Bertz CT molecular complexity index is 1700. The molecule has 0 aliphatic heterocycles. The summed E-state index contributed by atoms with van der Waals surface area (Å²) >= 11 is 3.46. The second kappa shape index (κ2) is 15.9. The van der Waals surface area contributed by atoms with Crippen LogP contribution in [0.15, 0.2) is 112 Å². The smallest absolute Gasteiger partial charge is 0.264 e. The topological polar surface area (TPSA) is 96.0 Å². The molecule has 2 unspecified atom stereocenters. The van der Waals surface area contributed by atoms with Crippen molar-refractivity contribution in [3.05, 3.63) is 124 Å². The van der Waals surface area contributed by atoms with Gasteiger partial charge >= 0.3 is 0 Å². The lowest BCUT2D eigenvalue weighted by Gasteiger charge is -2.34. The number of rotatable bonds is 14. The van der Waals surface area contributed by atoms with Gasteiger partial charge in [-0.1, -0.05) is 83.0 Å². The van der Waals surface area contributed by atoms with Crippen molar-refractivity contribution in [2.45, 2.75) is 57.1 Å². The zero-order chi connectivity index (χ0) is 33.3. The maximum absolute atomic E-state index is 14.6. The molecule has 4 aromatic rings. The Morgan fingerprint density at radius 1 is 0.870 bits per heavy atom. The average Bonchev–Trinajstić information content (AvgIpc) is 3.06. The first-order valence-corrected chi connectivity index (χ1v) is 17.4. The van der Waals surface area contributed by atoms with E-state index in [9.17, 15) is 18.0 Å². The molecule has 0 heterocycles. The van der Waals surface area contributed by atoms with Gasteiger partial charge in [-0.05, 0) is 79.9 Å². The van der Waals surface area contributed by atoms with Gasteiger partial charge in [0.15, 0.2) is 0 Å². The van der Waals surface area contributed by atoms with Crippen molar-refractivity contribution in [3.63, 3.8) is 0 Å². The highest BCUT2D eigenvalue weighted by Gasteiger charge is 2.35. The van der Waals surface area contributed by atoms with Gasteiger partial charge < -0.3 is 15.0 Å². The van der Waals surface area contributed by atoms with E-state index < -0.39 is 28.5 Å². The minimum Gasteiger partial charge on any atom is -0.497 e. The second-order valence-corrected chi connectivity index (χ2v) is 14.0. The van der Waals surface area contributed by atoms with E-state index in [-0.39, 0.29) is 29.8 Å². The number of nitrogens with one attached hydrogen (secondary N) is 1. The molecule has 0 bridgehead atoms. The van der Waals surface area contributed by atoms with Crippen molar-refractivity contribution < 1.29 is 22.7 Å². The van der Waals surface area contributed by atoms with Crippen molar-refractivity contribution >= 4 is 43.5 Å². The first kappa shape index (κ1) is 34.7. The van der Waals surface area contributed by atoms with Crippen molar-refractivity contribution in [1.82, 2.24) is 10.2 Å². The maximum Gasteiger partial charge on any atom is 0.264 e. The molecule has 0 fully saturated rings. The first-order chi connectivity index (χ1) is 22.0. The Labute approximate surface area is 280 Å². The van der Waals surface area contributed by atoms with Crippen LogP contribution in [-0.2, 0) is 32.6 Å². The standard InChI is InChI=1S/C36H40BrN3O5S/c1-5-27(3)38-36(42)34(23-28-9-7-6-8-10-28)39(24-29-13-15-30(37)16-14-29)35(41)25-40(31-17-19-32(45-4)20-18-31)46(43,44)33-21-11-26(2)12-22-33/h6-22,27,34H,5,23-25H2,1-4H3,(H,38,42). The number of aryl methyl sites for hydroxylation is 1. The minimum atomic E-state index is -4.19. The molecule has 46 heavy (non-hydrogen) atoms. The summed E-state index contributed by atoms with van der Waals surface area (Å²) in [6.45, 7) is 5.33. The van der Waals surface area contributed by atoms with Gasteiger partial charge in [0.05, 0.1) is 17.7 Å². The van der Waals surface area contributed by atoms with Crippen molar-refractivity contribution in [2.75, 3.05) is 18.0 Å². The summed E-state index contributed by atoms with van der Waals surface area (Å²) in [4.78, 5) is 30.0. The number of carbonyl (C=O) groups is 2. The molecule has 0 spiro atoms. The van der Waals surface area contributed by atoms with Crippen LogP contribution in [0.25, 0.3) is 0 Å². The Morgan fingerprint density at radius 3 is 2.09 bits per heavy atom. The quantitative estimate of drug-likeness (QED) is 0.161.